The Hall–Kier alpha value is -1.35. The molecule has 0 N–H and O–H groups in total. The lowest BCUT2D eigenvalue weighted by atomic mass is 10.00. The summed E-state index contributed by atoms with van der Waals surface area (Å²) in [5.41, 5.74) is 2.44. The van der Waals surface area contributed by atoms with Crippen molar-refractivity contribution >= 4 is 11.6 Å². The van der Waals surface area contributed by atoms with Gasteiger partial charge in [0.15, 0.2) is 0 Å². The van der Waals surface area contributed by atoms with E-state index in [1.807, 2.05) is 11.0 Å². The molecule has 3 nitrogen and oxygen atoms in total. The standard InChI is InChI=1S/C19H28N2O/c1-3-17-9-6-7-12-20(17)13-11-19(22)21-15(2)14-16-8-4-5-10-18(16)21/h4-5,8,10,15,17H,3,6-7,9,11-14H2,1-2H3. The van der Waals surface area contributed by atoms with Crippen LogP contribution < -0.4 is 4.90 Å². The van der Waals surface area contributed by atoms with Crippen LogP contribution in [0, 0.1) is 0 Å². The van der Waals surface area contributed by atoms with Crippen LogP contribution in [0.4, 0.5) is 5.69 Å². The Balaban J connectivity index is 1.62. The highest BCUT2D eigenvalue weighted by molar-refractivity contribution is 5.96. The van der Waals surface area contributed by atoms with Crippen LogP contribution in [-0.2, 0) is 11.2 Å². The second kappa shape index (κ2) is 6.82. The van der Waals surface area contributed by atoms with Gasteiger partial charge < -0.3 is 4.90 Å². The first kappa shape index (κ1) is 15.5. The highest BCUT2D eigenvalue weighted by Gasteiger charge is 2.31. The van der Waals surface area contributed by atoms with Crippen molar-refractivity contribution in [1.82, 2.24) is 4.90 Å². The van der Waals surface area contributed by atoms with Gasteiger partial charge in [-0.25, -0.2) is 0 Å². The molecule has 0 radical (unpaired) electrons. The molecule has 3 heteroatoms. The van der Waals surface area contributed by atoms with E-state index in [4.69, 9.17) is 0 Å². The van der Waals surface area contributed by atoms with Crippen molar-refractivity contribution in [1.29, 1.82) is 0 Å². The first-order valence-electron chi connectivity index (χ1n) is 8.84. The van der Waals surface area contributed by atoms with E-state index >= 15 is 0 Å². The van der Waals surface area contributed by atoms with Gasteiger partial charge in [0.05, 0.1) is 0 Å². The number of nitrogens with zero attached hydrogens (tertiary/aromatic N) is 2. The summed E-state index contributed by atoms with van der Waals surface area (Å²) in [6.45, 7) is 6.51. The molecule has 2 heterocycles. The predicted molar refractivity (Wildman–Crippen MR) is 91.2 cm³/mol. The van der Waals surface area contributed by atoms with Crippen molar-refractivity contribution in [3.05, 3.63) is 29.8 Å². The zero-order valence-corrected chi connectivity index (χ0v) is 13.9. The van der Waals surface area contributed by atoms with Crippen LogP contribution in [0.3, 0.4) is 0 Å². The van der Waals surface area contributed by atoms with Gasteiger partial charge >= 0.3 is 0 Å². The molecular formula is C19H28N2O. The van der Waals surface area contributed by atoms with E-state index in [0.717, 1.165) is 25.2 Å². The van der Waals surface area contributed by atoms with Gasteiger partial charge in [-0.3, -0.25) is 9.69 Å². The van der Waals surface area contributed by atoms with Crippen LogP contribution in [0.25, 0.3) is 0 Å². The molecule has 3 rings (SSSR count). The third-order valence-electron chi connectivity index (χ3n) is 5.31. The first-order chi connectivity index (χ1) is 10.7. The highest BCUT2D eigenvalue weighted by Crippen LogP contribution is 2.32. The Labute approximate surface area is 134 Å². The Morgan fingerprint density at radius 2 is 2.09 bits per heavy atom. The van der Waals surface area contributed by atoms with E-state index in [2.05, 4.69) is 36.9 Å². The maximum atomic E-state index is 12.8. The molecular weight excluding hydrogens is 272 g/mol. The third kappa shape index (κ3) is 3.05. The number of hydrogen-bond donors (Lipinski definition) is 0. The normalized spacial score (nSPS) is 25.3. The lowest BCUT2D eigenvalue weighted by Gasteiger charge is -2.35. The van der Waals surface area contributed by atoms with Crippen molar-refractivity contribution < 1.29 is 4.79 Å². The van der Waals surface area contributed by atoms with Crippen LogP contribution in [0.2, 0.25) is 0 Å². The van der Waals surface area contributed by atoms with Crippen molar-refractivity contribution in [3.63, 3.8) is 0 Å². The molecule has 0 aliphatic carbocycles. The maximum Gasteiger partial charge on any atom is 0.228 e. The SMILES string of the molecule is CCC1CCCCN1CCC(=O)N1c2ccccc2CC1C. The average Bonchev–Trinajstić information content (AvgIpc) is 2.88. The lowest BCUT2D eigenvalue weighted by Crippen LogP contribution is -2.43. The van der Waals surface area contributed by atoms with E-state index in [9.17, 15) is 4.79 Å². The van der Waals surface area contributed by atoms with Gasteiger partial charge in [0.2, 0.25) is 5.91 Å². The summed E-state index contributed by atoms with van der Waals surface area (Å²) in [4.78, 5) is 17.3. The summed E-state index contributed by atoms with van der Waals surface area (Å²) in [6, 6.07) is 9.33. The number of anilines is 1. The van der Waals surface area contributed by atoms with Gasteiger partial charge in [0.1, 0.15) is 0 Å². The molecule has 2 aliphatic rings. The summed E-state index contributed by atoms with van der Waals surface area (Å²) in [6.07, 6.45) is 6.77. The van der Waals surface area contributed by atoms with Gasteiger partial charge in [-0.1, -0.05) is 31.5 Å². The number of piperidine rings is 1. The number of para-hydroxylation sites is 1. The van der Waals surface area contributed by atoms with Gasteiger partial charge in [0.25, 0.3) is 0 Å². The molecule has 120 valence electrons. The predicted octanol–water partition coefficient (Wildman–Crippen LogP) is 3.62. The van der Waals surface area contributed by atoms with E-state index in [-0.39, 0.29) is 5.91 Å². The molecule has 1 aromatic rings. The van der Waals surface area contributed by atoms with Crippen LogP contribution in [0.15, 0.2) is 24.3 Å². The smallest absolute Gasteiger partial charge is 0.228 e. The number of likely N-dealkylation sites (tertiary alicyclic amines) is 1. The molecule has 0 aromatic heterocycles. The topological polar surface area (TPSA) is 23.6 Å². The number of hydrogen-bond acceptors (Lipinski definition) is 2. The monoisotopic (exact) mass is 300 g/mol. The Morgan fingerprint density at radius 1 is 1.27 bits per heavy atom. The maximum absolute atomic E-state index is 12.8. The second-order valence-electron chi connectivity index (χ2n) is 6.79. The number of benzene rings is 1. The van der Waals surface area contributed by atoms with E-state index in [1.54, 1.807) is 0 Å². The van der Waals surface area contributed by atoms with Crippen LogP contribution >= 0.6 is 0 Å². The fraction of sp³-hybridized carbons (Fsp3) is 0.632. The number of amides is 1. The summed E-state index contributed by atoms with van der Waals surface area (Å²) >= 11 is 0. The quantitative estimate of drug-likeness (QED) is 0.848. The van der Waals surface area contributed by atoms with Gasteiger partial charge in [-0.05, 0) is 50.8 Å². The van der Waals surface area contributed by atoms with Crippen LogP contribution in [0.1, 0.15) is 51.5 Å². The Bertz CT molecular complexity index is 528. The summed E-state index contributed by atoms with van der Waals surface area (Å²) in [7, 11) is 0. The molecule has 1 fully saturated rings. The summed E-state index contributed by atoms with van der Waals surface area (Å²) in [5.74, 6) is 0.290. The Kier molecular flexibility index (Phi) is 4.82. The largest absolute Gasteiger partial charge is 0.309 e. The van der Waals surface area contributed by atoms with Crippen LogP contribution in [0.5, 0.6) is 0 Å². The molecule has 0 spiro atoms. The van der Waals surface area contributed by atoms with E-state index < -0.39 is 0 Å². The molecule has 2 atom stereocenters. The molecule has 1 saturated heterocycles. The van der Waals surface area contributed by atoms with Crippen molar-refractivity contribution in [2.45, 2.75) is 64.5 Å². The fourth-order valence-corrected chi connectivity index (χ4v) is 4.12. The Morgan fingerprint density at radius 3 is 2.91 bits per heavy atom. The number of carbonyl (C=O) groups is 1. The molecule has 22 heavy (non-hydrogen) atoms. The minimum Gasteiger partial charge on any atom is -0.309 e. The minimum absolute atomic E-state index is 0.290. The molecule has 0 saturated carbocycles. The zero-order valence-electron chi connectivity index (χ0n) is 13.9. The average molecular weight is 300 g/mol. The van der Waals surface area contributed by atoms with E-state index in [0.29, 0.717) is 18.5 Å². The molecule has 1 aromatic carbocycles. The lowest BCUT2D eigenvalue weighted by molar-refractivity contribution is -0.119. The third-order valence-corrected chi connectivity index (χ3v) is 5.31. The van der Waals surface area contributed by atoms with Crippen molar-refractivity contribution in [3.8, 4) is 0 Å². The number of fused-ring (bicyclic) bond motifs is 1. The number of carbonyl (C=O) groups excluding carboxylic acids is 1. The van der Waals surface area contributed by atoms with Crippen molar-refractivity contribution in [2.75, 3.05) is 18.0 Å². The molecule has 1 amide bonds. The van der Waals surface area contributed by atoms with E-state index in [1.165, 1.54) is 31.2 Å². The molecule has 2 unspecified atom stereocenters. The van der Waals surface area contributed by atoms with Crippen LogP contribution in [-0.4, -0.2) is 36.0 Å². The second-order valence-corrected chi connectivity index (χ2v) is 6.79. The first-order valence-corrected chi connectivity index (χ1v) is 8.84. The van der Waals surface area contributed by atoms with Gasteiger partial charge in [-0.2, -0.15) is 0 Å². The summed E-state index contributed by atoms with van der Waals surface area (Å²) in [5, 5.41) is 0. The highest BCUT2D eigenvalue weighted by atomic mass is 16.2. The van der Waals surface area contributed by atoms with Gasteiger partial charge in [-0.15, -0.1) is 0 Å². The molecule has 2 aliphatic heterocycles. The molecule has 0 bridgehead atoms. The van der Waals surface area contributed by atoms with Gasteiger partial charge in [0, 0.05) is 30.7 Å². The minimum atomic E-state index is 0.290. The zero-order chi connectivity index (χ0) is 15.5. The summed E-state index contributed by atoms with van der Waals surface area (Å²) < 4.78 is 0. The fourth-order valence-electron chi connectivity index (χ4n) is 4.12. The number of rotatable bonds is 4. The van der Waals surface area contributed by atoms with Crippen molar-refractivity contribution in [2.24, 2.45) is 0 Å².